The molecular formula is C20H13ClFNO2. The number of benzene rings is 3. The lowest BCUT2D eigenvalue weighted by Gasteiger charge is -2.08. The second-order valence-corrected chi connectivity index (χ2v) is 5.73. The number of carbonyl (C=O) groups excluding carboxylic acids is 2. The predicted octanol–water partition coefficient (Wildman–Crippen LogP) is 4.96. The molecule has 0 aliphatic heterocycles. The Balaban J connectivity index is 1.77. The van der Waals surface area contributed by atoms with Gasteiger partial charge in [-0.3, -0.25) is 9.59 Å². The van der Waals surface area contributed by atoms with Crippen LogP contribution >= 0.6 is 11.6 Å². The first-order valence-corrected chi connectivity index (χ1v) is 7.89. The Hall–Kier alpha value is -2.98. The summed E-state index contributed by atoms with van der Waals surface area (Å²) < 4.78 is 13.8. The van der Waals surface area contributed by atoms with Crippen LogP contribution in [-0.4, -0.2) is 11.7 Å². The minimum absolute atomic E-state index is 0.0355. The molecule has 1 amide bonds. The molecule has 0 atom stereocenters. The van der Waals surface area contributed by atoms with E-state index >= 15 is 0 Å². The molecular weight excluding hydrogens is 341 g/mol. The Kier molecular flexibility index (Phi) is 4.91. The molecule has 0 saturated carbocycles. The van der Waals surface area contributed by atoms with Crippen molar-refractivity contribution < 1.29 is 14.0 Å². The Labute approximate surface area is 149 Å². The fourth-order valence-corrected chi connectivity index (χ4v) is 2.62. The Morgan fingerprint density at radius 3 is 2.08 bits per heavy atom. The molecule has 1 N–H and O–H groups in total. The number of amides is 1. The van der Waals surface area contributed by atoms with Gasteiger partial charge in [-0.15, -0.1) is 0 Å². The van der Waals surface area contributed by atoms with Gasteiger partial charge in [-0.2, -0.15) is 0 Å². The highest BCUT2D eigenvalue weighted by atomic mass is 35.5. The maximum Gasteiger partial charge on any atom is 0.260 e. The molecule has 25 heavy (non-hydrogen) atoms. The van der Waals surface area contributed by atoms with Gasteiger partial charge in [-0.05, 0) is 36.4 Å². The first-order chi connectivity index (χ1) is 12.1. The molecule has 0 fully saturated rings. The highest BCUT2D eigenvalue weighted by Gasteiger charge is 2.16. The number of hydrogen-bond donors (Lipinski definition) is 1. The van der Waals surface area contributed by atoms with E-state index in [4.69, 9.17) is 11.6 Å². The van der Waals surface area contributed by atoms with E-state index in [1.807, 2.05) is 6.07 Å². The molecule has 0 unspecified atom stereocenters. The molecule has 0 saturated heterocycles. The molecule has 124 valence electrons. The van der Waals surface area contributed by atoms with Gasteiger partial charge in [0.25, 0.3) is 5.91 Å². The number of anilines is 1. The summed E-state index contributed by atoms with van der Waals surface area (Å²) in [7, 11) is 0. The summed E-state index contributed by atoms with van der Waals surface area (Å²) in [5, 5.41) is 2.61. The van der Waals surface area contributed by atoms with Gasteiger partial charge in [0.05, 0.1) is 10.6 Å². The largest absolute Gasteiger partial charge is 0.322 e. The number of carbonyl (C=O) groups is 2. The van der Waals surface area contributed by atoms with E-state index in [1.165, 1.54) is 18.2 Å². The molecule has 0 heterocycles. The minimum Gasteiger partial charge on any atom is -0.322 e. The van der Waals surface area contributed by atoms with Gasteiger partial charge >= 0.3 is 0 Å². The van der Waals surface area contributed by atoms with E-state index in [0.29, 0.717) is 16.8 Å². The molecule has 0 bridgehead atoms. The fourth-order valence-electron chi connectivity index (χ4n) is 2.37. The standard InChI is InChI=1S/C20H13ClFNO2/c21-16-7-4-8-17(22)18(16)20(25)23-15-11-9-14(10-12-15)19(24)13-5-2-1-3-6-13/h1-12H,(H,23,25). The summed E-state index contributed by atoms with van der Waals surface area (Å²) in [4.78, 5) is 24.5. The van der Waals surface area contributed by atoms with Crippen molar-refractivity contribution in [3.63, 3.8) is 0 Å². The van der Waals surface area contributed by atoms with Crippen molar-refractivity contribution in [2.45, 2.75) is 0 Å². The average Bonchev–Trinajstić information content (AvgIpc) is 2.62. The second-order valence-electron chi connectivity index (χ2n) is 5.32. The van der Waals surface area contributed by atoms with Crippen molar-refractivity contribution in [1.82, 2.24) is 0 Å². The highest BCUT2D eigenvalue weighted by Crippen LogP contribution is 2.21. The van der Waals surface area contributed by atoms with E-state index in [0.717, 1.165) is 0 Å². The van der Waals surface area contributed by atoms with Gasteiger partial charge in [0.1, 0.15) is 5.82 Å². The molecule has 5 heteroatoms. The fraction of sp³-hybridized carbons (Fsp3) is 0. The summed E-state index contributed by atoms with van der Waals surface area (Å²) >= 11 is 5.88. The number of nitrogens with one attached hydrogen (secondary N) is 1. The lowest BCUT2D eigenvalue weighted by Crippen LogP contribution is -2.14. The van der Waals surface area contributed by atoms with Crippen LogP contribution in [0.25, 0.3) is 0 Å². The molecule has 0 aromatic heterocycles. The summed E-state index contributed by atoms with van der Waals surface area (Å²) in [6, 6.07) is 19.3. The third-order valence-electron chi connectivity index (χ3n) is 3.63. The van der Waals surface area contributed by atoms with Crippen molar-refractivity contribution in [2.75, 3.05) is 5.32 Å². The van der Waals surface area contributed by atoms with Crippen molar-refractivity contribution in [3.05, 3.63) is 100 Å². The lowest BCUT2D eigenvalue weighted by molar-refractivity contribution is 0.102. The Bertz CT molecular complexity index is 904. The monoisotopic (exact) mass is 353 g/mol. The van der Waals surface area contributed by atoms with Crippen LogP contribution in [0.5, 0.6) is 0 Å². The van der Waals surface area contributed by atoms with Crippen LogP contribution in [0.1, 0.15) is 26.3 Å². The van der Waals surface area contributed by atoms with E-state index < -0.39 is 11.7 Å². The first-order valence-electron chi connectivity index (χ1n) is 7.51. The van der Waals surface area contributed by atoms with Crippen LogP contribution in [0, 0.1) is 5.82 Å². The van der Waals surface area contributed by atoms with E-state index in [9.17, 15) is 14.0 Å². The van der Waals surface area contributed by atoms with Crippen LogP contribution in [0.15, 0.2) is 72.8 Å². The zero-order valence-electron chi connectivity index (χ0n) is 13.0. The van der Waals surface area contributed by atoms with Crippen LogP contribution in [0.3, 0.4) is 0 Å². The van der Waals surface area contributed by atoms with Gasteiger partial charge in [0, 0.05) is 16.8 Å². The van der Waals surface area contributed by atoms with E-state index in [-0.39, 0.29) is 16.4 Å². The second kappa shape index (κ2) is 7.28. The molecule has 0 aliphatic carbocycles. The molecule has 3 nitrogen and oxygen atoms in total. The molecule has 0 spiro atoms. The van der Waals surface area contributed by atoms with Crippen LogP contribution < -0.4 is 5.32 Å². The number of rotatable bonds is 4. The van der Waals surface area contributed by atoms with Crippen molar-refractivity contribution in [2.24, 2.45) is 0 Å². The Morgan fingerprint density at radius 2 is 1.44 bits per heavy atom. The predicted molar refractivity (Wildman–Crippen MR) is 95.7 cm³/mol. The van der Waals surface area contributed by atoms with Crippen LogP contribution in [-0.2, 0) is 0 Å². The van der Waals surface area contributed by atoms with Gasteiger partial charge in [0.2, 0.25) is 0 Å². The molecule has 3 aromatic carbocycles. The van der Waals surface area contributed by atoms with Crippen molar-refractivity contribution in [1.29, 1.82) is 0 Å². The smallest absolute Gasteiger partial charge is 0.260 e. The summed E-state index contributed by atoms with van der Waals surface area (Å²) in [6.45, 7) is 0. The topological polar surface area (TPSA) is 46.2 Å². The molecule has 0 radical (unpaired) electrons. The minimum atomic E-state index is -0.694. The van der Waals surface area contributed by atoms with Gasteiger partial charge < -0.3 is 5.32 Å². The van der Waals surface area contributed by atoms with Crippen LogP contribution in [0.2, 0.25) is 5.02 Å². The summed E-state index contributed by atoms with van der Waals surface area (Å²) in [5.74, 6) is -1.46. The zero-order valence-corrected chi connectivity index (χ0v) is 13.8. The summed E-state index contributed by atoms with van der Waals surface area (Å²) in [5.41, 5.74) is 1.30. The van der Waals surface area contributed by atoms with Gasteiger partial charge in [-0.1, -0.05) is 48.0 Å². The lowest BCUT2D eigenvalue weighted by atomic mass is 10.0. The first kappa shape index (κ1) is 16.9. The molecule has 3 aromatic rings. The number of ketones is 1. The maximum atomic E-state index is 13.8. The van der Waals surface area contributed by atoms with Gasteiger partial charge in [-0.25, -0.2) is 4.39 Å². The Morgan fingerprint density at radius 1 is 0.800 bits per heavy atom. The zero-order chi connectivity index (χ0) is 17.8. The third kappa shape index (κ3) is 3.75. The third-order valence-corrected chi connectivity index (χ3v) is 3.95. The normalized spacial score (nSPS) is 10.3. The molecule has 3 rings (SSSR count). The van der Waals surface area contributed by atoms with Crippen molar-refractivity contribution >= 4 is 29.0 Å². The number of hydrogen-bond acceptors (Lipinski definition) is 2. The quantitative estimate of drug-likeness (QED) is 0.674. The van der Waals surface area contributed by atoms with E-state index in [1.54, 1.807) is 48.5 Å². The van der Waals surface area contributed by atoms with E-state index in [2.05, 4.69) is 5.32 Å². The summed E-state index contributed by atoms with van der Waals surface area (Å²) in [6.07, 6.45) is 0. The molecule has 0 aliphatic rings. The van der Waals surface area contributed by atoms with Gasteiger partial charge in [0.15, 0.2) is 5.78 Å². The van der Waals surface area contributed by atoms with Crippen molar-refractivity contribution in [3.8, 4) is 0 Å². The SMILES string of the molecule is O=C(c1ccccc1)c1ccc(NC(=O)c2c(F)cccc2Cl)cc1. The maximum absolute atomic E-state index is 13.8. The van der Waals surface area contributed by atoms with Crippen LogP contribution in [0.4, 0.5) is 10.1 Å². The average molecular weight is 354 g/mol. The number of halogens is 2. The highest BCUT2D eigenvalue weighted by molar-refractivity contribution is 6.34.